The Kier molecular flexibility index (Phi) is 5.57. The molecule has 138 valence electrons. The second-order valence-electron chi connectivity index (χ2n) is 6.06. The third-order valence-corrected chi connectivity index (χ3v) is 4.46. The largest absolute Gasteiger partial charge is 0.480 e. The first-order valence-electron chi connectivity index (χ1n) is 8.37. The summed E-state index contributed by atoms with van der Waals surface area (Å²) >= 11 is 6.24. The Hall–Kier alpha value is -3.12. The molecule has 6 nitrogen and oxygen atoms in total. The van der Waals surface area contributed by atoms with Crippen molar-refractivity contribution in [1.29, 1.82) is 0 Å². The molecule has 2 aromatic carbocycles. The number of carboxylic acids is 1. The van der Waals surface area contributed by atoms with Gasteiger partial charge in [-0.25, -0.2) is 4.98 Å². The Bertz CT molecular complexity index is 977. The van der Waals surface area contributed by atoms with E-state index >= 15 is 0 Å². The minimum atomic E-state index is -0.986. The number of anilines is 3. The normalized spacial score (nSPS) is 10.5. The topological polar surface area (TPSA) is 87.1 Å². The van der Waals surface area contributed by atoms with Crippen LogP contribution in [0.3, 0.4) is 0 Å². The summed E-state index contributed by atoms with van der Waals surface area (Å²) in [4.78, 5) is 19.7. The number of halogens is 1. The summed E-state index contributed by atoms with van der Waals surface area (Å²) in [5, 5.41) is 15.6. The zero-order valence-electron chi connectivity index (χ0n) is 15.0. The molecule has 0 unspecified atom stereocenters. The van der Waals surface area contributed by atoms with Gasteiger partial charge in [0, 0.05) is 22.3 Å². The minimum Gasteiger partial charge on any atom is -0.480 e. The second kappa shape index (κ2) is 8.05. The molecular weight excluding hydrogens is 364 g/mol. The summed E-state index contributed by atoms with van der Waals surface area (Å²) in [5.41, 5.74) is 4.39. The van der Waals surface area contributed by atoms with Crippen molar-refractivity contribution >= 4 is 35.0 Å². The Morgan fingerprint density at radius 1 is 1.11 bits per heavy atom. The van der Waals surface area contributed by atoms with Gasteiger partial charge in [-0.3, -0.25) is 4.79 Å². The Morgan fingerprint density at radius 3 is 2.56 bits per heavy atom. The highest BCUT2D eigenvalue weighted by molar-refractivity contribution is 6.31. The van der Waals surface area contributed by atoms with Gasteiger partial charge in [-0.2, -0.15) is 4.98 Å². The molecule has 0 aliphatic heterocycles. The maximum Gasteiger partial charge on any atom is 0.322 e. The lowest BCUT2D eigenvalue weighted by Gasteiger charge is -2.15. The fourth-order valence-corrected chi connectivity index (χ4v) is 2.80. The van der Waals surface area contributed by atoms with Gasteiger partial charge in [-0.05, 0) is 31.0 Å². The molecule has 0 aliphatic rings. The predicted octanol–water partition coefficient (Wildman–Crippen LogP) is 4.65. The molecule has 3 aromatic rings. The molecule has 0 aliphatic carbocycles. The highest BCUT2D eigenvalue weighted by Gasteiger charge is 2.11. The standard InChI is InChI=1S/C20H19ClN4O2/c1-12-8-9-15(21)13(2)19(12)24-17-10-16(14-6-4-3-5-7-14)23-20(25-17)22-11-18(26)27/h3-10H,11H2,1-2H3,(H,26,27)(H2,22,23,24,25). The Balaban J connectivity index is 2.02. The number of benzene rings is 2. The summed E-state index contributed by atoms with van der Waals surface area (Å²) in [6.45, 7) is 3.64. The number of hydrogen-bond acceptors (Lipinski definition) is 5. The smallest absolute Gasteiger partial charge is 0.322 e. The van der Waals surface area contributed by atoms with Crippen molar-refractivity contribution in [2.45, 2.75) is 13.8 Å². The average Bonchev–Trinajstić information content (AvgIpc) is 2.67. The summed E-state index contributed by atoms with van der Waals surface area (Å²) in [6.07, 6.45) is 0. The van der Waals surface area contributed by atoms with E-state index in [4.69, 9.17) is 16.7 Å². The van der Waals surface area contributed by atoms with Crippen LogP contribution in [0.2, 0.25) is 5.02 Å². The number of nitrogens with zero attached hydrogens (tertiary/aromatic N) is 2. The summed E-state index contributed by atoms with van der Waals surface area (Å²) in [5.74, 6) is -0.205. The van der Waals surface area contributed by atoms with Crippen LogP contribution in [0.1, 0.15) is 11.1 Å². The first-order chi connectivity index (χ1) is 12.9. The van der Waals surface area contributed by atoms with Gasteiger partial charge >= 0.3 is 5.97 Å². The molecule has 1 aromatic heterocycles. The summed E-state index contributed by atoms with van der Waals surface area (Å²) in [7, 11) is 0. The predicted molar refractivity (Wildman–Crippen MR) is 108 cm³/mol. The maximum atomic E-state index is 10.9. The van der Waals surface area contributed by atoms with E-state index < -0.39 is 5.97 Å². The fraction of sp³-hybridized carbons (Fsp3) is 0.150. The van der Waals surface area contributed by atoms with Crippen molar-refractivity contribution in [3.63, 3.8) is 0 Å². The van der Waals surface area contributed by atoms with E-state index in [0.717, 1.165) is 22.4 Å². The van der Waals surface area contributed by atoms with E-state index in [2.05, 4.69) is 20.6 Å². The van der Waals surface area contributed by atoms with E-state index in [0.29, 0.717) is 16.5 Å². The number of aromatic nitrogens is 2. The van der Waals surface area contributed by atoms with Crippen LogP contribution in [0.25, 0.3) is 11.3 Å². The van der Waals surface area contributed by atoms with Crippen LogP contribution in [-0.4, -0.2) is 27.6 Å². The van der Waals surface area contributed by atoms with Gasteiger partial charge in [-0.15, -0.1) is 0 Å². The van der Waals surface area contributed by atoms with Crippen LogP contribution >= 0.6 is 11.6 Å². The molecular formula is C20H19ClN4O2. The van der Waals surface area contributed by atoms with Crippen LogP contribution in [0, 0.1) is 13.8 Å². The van der Waals surface area contributed by atoms with Crippen molar-refractivity contribution in [2.75, 3.05) is 17.2 Å². The Morgan fingerprint density at radius 2 is 1.85 bits per heavy atom. The van der Waals surface area contributed by atoms with Crippen LogP contribution in [0.5, 0.6) is 0 Å². The van der Waals surface area contributed by atoms with E-state index in [-0.39, 0.29) is 12.5 Å². The lowest BCUT2D eigenvalue weighted by molar-refractivity contribution is -0.134. The molecule has 0 fully saturated rings. The number of nitrogens with one attached hydrogen (secondary N) is 2. The van der Waals surface area contributed by atoms with Gasteiger partial charge < -0.3 is 15.7 Å². The molecule has 0 saturated carbocycles. The van der Waals surface area contributed by atoms with Crippen molar-refractivity contribution < 1.29 is 9.90 Å². The Labute approximate surface area is 162 Å². The molecule has 27 heavy (non-hydrogen) atoms. The SMILES string of the molecule is Cc1ccc(Cl)c(C)c1Nc1cc(-c2ccccc2)nc(NCC(=O)O)n1. The number of carboxylic acid groups (broad SMARTS) is 1. The molecule has 0 spiro atoms. The highest BCUT2D eigenvalue weighted by Crippen LogP contribution is 2.30. The highest BCUT2D eigenvalue weighted by atomic mass is 35.5. The quantitative estimate of drug-likeness (QED) is 0.575. The van der Waals surface area contributed by atoms with Crippen LogP contribution in [0.4, 0.5) is 17.5 Å². The third kappa shape index (κ3) is 4.54. The zero-order valence-corrected chi connectivity index (χ0v) is 15.7. The van der Waals surface area contributed by atoms with Gasteiger partial charge in [0.2, 0.25) is 5.95 Å². The van der Waals surface area contributed by atoms with Gasteiger partial charge in [0.1, 0.15) is 12.4 Å². The van der Waals surface area contributed by atoms with Gasteiger partial charge in [-0.1, -0.05) is 48.0 Å². The van der Waals surface area contributed by atoms with Crippen molar-refractivity contribution in [3.05, 3.63) is 64.7 Å². The van der Waals surface area contributed by atoms with E-state index in [1.165, 1.54) is 0 Å². The number of rotatable bonds is 6. The molecule has 1 heterocycles. The molecule has 0 amide bonds. The molecule has 3 N–H and O–H groups in total. The lowest BCUT2D eigenvalue weighted by Crippen LogP contribution is -2.15. The van der Waals surface area contributed by atoms with E-state index in [1.807, 2.05) is 62.4 Å². The van der Waals surface area contributed by atoms with Crippen molar-refractivity contribution in [1.82, 2.24) is 9.97 Å². The molecule has 3 rings (SSSR count). The molecule has 7 heteroatoms. The third-order valence-electron chi connectivity index (χ3n) is 4.05. The van der Waals surface area contributed by atoms with Crippen molar-refractivity contribution in [3.8, 4) is 11.3 Å². The molecule has 0 bridgehead atoms. The van der Waals surface area contributed by atoms with Gasteiger partial charge in [0.15, 0.2) is 0 Å². The van der Waals surface area contributed by atoms with Gasteiger partial charge in [0.25, 0.3) is 0 Å². The van der Waals surface area contributed by atoms with E-state index in [1.54, 1.807) is 0 Å². The molecule has 0 saturated heterocycles. The van der Waals surface area contributed by atoms with Crippen LogP contribution in [-0.2, 0) is 4.79 Å². The number of carbonyl (C=O) groups is 1. The first-order valence-corrected chi connectivity index (χ1v) is 8.74. The monoisotopic (exact) mass is 382 g/mol. The number of hydrogen-bond donors (Lipinski definition) is 3. The second-order valence-corrected chi connectivity index (χ2v) is 6.47. The zero-order chi connectivity index (χ0) is 19.4. The summed E-state index contributed by atoms with van der Waals surface area (Å²) < 4.78 is 0. The molecule has 0 atom stereocenters. The number of aliphatic carboxylic acids is 1. The number of aryl methyl sites for hydroxylation is 1. The molecule has 0 radical (unpaired) electrons. The van der Waals surface area contributed by atoms with Crippen LogP contribution in [0.15, 0.2) is 48.5 Å². The fourth-order valence-electron chi connectivity index (χ4n) is 2.64. The van der Waals surface area contributed by atoms with Crippen molar-refractivity contribution in [2.24, 2.45) is 0 Å². The first kappa shape index (κ1) is 18.7. The maximum absolute atomic E-state index is 10.9. The minimum absolute atomic E-state index is 0.235. The van der Waals surface area contributed by atoms with Crippen LogP contribution < -0.4 is 10.6 Å². The lowest BCUT2D eigenvalue weighted by atomic mass is 10.1. The van der Waals surface area contributed by atoms with Gasteiger partial charge in [0.05, 0.1) is 5.69 Å². The average molecular weight is 383 g/mol. The van der Waals surface area contributed by atoms with E-state index in [9.17, 15) is 4.79 Å². The summed E-state index contributed by atoms with van der Waals surface area (Å²) in [6, 6.07) is 15.2.